The van der Waals surface area contributed by atoms with E-state index in [4.69, 9.17) is 15.2 Å². The van der Waals surface area contributed by atoms with Crippen molar-refractivity contribution in [1.29, 1.82) is 0 Å². The standard InChI is InChI=1S/C12H20N2O4/c1-5-17-10(15)8-6-14(7-9(8)13)11(16)18-12(2,3)4/h5-7,13H2,1-4H3. The molecule has 1 amide bonds. The number of hydrogen-bond acceptors (Lipinski definition) is 5. The maximum Gasteiger partial charge on any atom is 0.410 e. The van der Waals surface area contributed by atoms with E-state index in [1.165, 1.54) is 4.90 Å². The Morgan fingerprint density at radius 3 is 2.44 bits per heavy atom. The molecular weight excluding hydrogens is 236 g/mol. The average molecular weight is 256 g/mol. The maximum atomic E-state index is 11.8. The molecule has 0 saturated heterocycles. The summed E-state index contributed by atoms with van der Waals surface area (Å²) in [6.45, 7) is 7.68. The van der Waals surface area contributed by atoms with Gasteiger partial charge in [0.15, 0.2) is 0 Å². The Kier molecular flexibility index (Phi) is 4.21. The first-order valence-electron chi connectivity index (χ1n) is 5.87. The summed E-state index contributed by atoms with van der Waals surface area (Å²) < 4.78 is 10.1. The molecule has 0 saturated carbocycles. The van der Waals surface area contributed by atoms with Crippen LogP contribution in [0.4, 0.5) is 4.79 Å². The number of nitrogens with two attached hydrogens (primary N) is 1. The molecule has 0 bridgehead atoms. The van der Waals surface area contributed by atoms with Crippen LogP contribution in [0.5, 0.6) is 0 Å². The summed E-state index contributed by atoms with van der Waals surface area (Å²) in [4.78, 5) is 24.8. The van der Waals surface area contributed by atoms with Gasteiger partial charge >= 0.3 is 12.1 Å². The first kappa shape index (κ1) is 14.3. The fraction of sp³-hybridized carbons (Fsp3) is 0.667. The highest BCUT2D eigenvalue weighted by molar-refractivity contribution is 5.91. The summed E-state index contributed by atoms with van der Waals surface area (Å²) in [5.74, 6) is -0.471. The topological polar surface area (TPSA) is 81.9 Å². The number of carbonyl (C=O) groups is 2. The second kappa shape index (κ2) is 5.29. The van der Waals surface area contributed by atoms with Crippen molar-refractivity contribution in [2.75, 3.05) is 19.7 Å². The third-order valence-electron chi connectivity index (χ3n) is 2.27. The minimum Gasteiger partial charge on any atom is -0.463 e. The molecule has 0 unspecified atom stereocenters. The Bertz CT molecular complexity index is 382. The van der Waals surface area contributed by atoms with Crippen molar-refractivity contribution >= 4 is 12.1 Å². The monoisotopic (exact) mass is 256 g/mol. The van der Waals surface area contributed by atoms with Crippen LogP contribution in [-0.4, -0.2) is 42.3 Å². The van der Waals surface area contributed by atoms with E-state index in [1.807, 2.05) is 0 Å². The molecule has 102 valence electrons. The SMILES string of the molecule is CCOC(=O)C1=C(N)CN(C(=O)OC(C)(C)C)C1. The van der Waals surface area contributed by atoms with Gasteiger partial charge in [0.2, 0.25) is 0 Å². The molecule has 18 heavy (non-hydrogen) atoms. The summed E-state index contributed by atoms with van der Waals surface area (Å²) in [7, 11) is 0. The largest absolute Gasteiger partial charge is 0.463 e. The van der Waals surface area contributed by atoms with Crippen LogP contribution in [0.1, 0.15) is 27.7 Å². The first-order chi connectivity index (χ1) is 8.24. The van der Waals surface area contributed by atoms with E-state index >= 15 is 0 Å². The van der Waals surface area contributed by atoms with Crippen LogP contribution in [0.25, 0.3) is 0 Å². The summed E-state index contributed by atoms with van der Waals surface area (Å²) in [5, 5.41) is 0. The van der Waals surface area contributed by atoms with Crippen molar-refractivity contribution in [2.45, 2.75) is 33.3 Å². The Balaban J connectivity index is 2.63. The molecule has 0 atom stereocenters. The van der Waals surface area contributed by atoms with Crippen LogP contribution >= 0.6 is 0 Å². The fourth-order valence-electron chi connectivity index (χ4n) is 1.52. The second-order valence-corrected chi connectivity index (χ2v) is 5.06. The summed E-state index contributed by atoms with van der Waals surface area (Å²) >= 11 is 0. The van der Waals surface area contributed by atoms with E-state index in [9.17, 15) is 9.59 Å². The van der Waals surface area contributed by atoms with E-state index in [0.717, 1.165) is 0 Å². The number of amides is 1. The zero-order valence-corrected chi connectivity index (χ0v) is 11.3. The normalized spacial score (nSPS) is 15.9. The van der Waals surface area contributed by atoms with Gasteiger partial charge in [-0.3, -0.25) is 4.90 Å². The summed E-state index contributed by atoms with van der Waals surface area (Å²) in [6.07, 6.45) is -0.482. The van der Waals surface area contributed by atoms with Gasteiger partial charge in [-0.1, -0.05) is 0 Å². The smallest absolute Gasteiger partial charge is 0.410 e. The highest BCUT2D eigenvalue weighted by Gasteiger charge is 2.31. The van der Waals surface area contributed by atoms with E-state index in [-0.39, 0.29) is 19.7 Å². The molecule has 2 N–H and O–H groups in total. The van der Waals surface area contributed by atoms with E-state index in [0.29, 0.717) is 11.3 Å². The Labute approximate surface area is 107 Å². The lowest BCUT2D eigenvalue weighted by Gasteiger charge is -2.24. The average Bonchev–Trinajstić information content (AvgIpc) is 2.58. The third-order valence-corrected chi connectivity index (χ3v) is 2.27. The number of carbonyl (C=O) groups excluding carboxylic acids is 2. The van der Waals surface area contributed by atoms with Crippen molar-refractivity contribution in [3.05, 3.63) is 11.3 Å². The molecule has 1 rings (SSSR count). The van der Waals surface area contributed by atoms with Gasteiger partial charge in [0.05, 0.1) is 25.3 Å². The van der Waals surface area contributed by atoms with Gasteiger partial charge in [-0.05, 0) is 27.7 Å². The molecule has 0 aliphatic carbocycles. The minimum absolute atomic E-state index is 0.138. The molecule has 1 aliphatic heterocycles. The second-order valence-electron chi connectivity index (χ2n) is 5.06. The molecule has 0 aromatic rings. The Hall–Kier alpha value is -1.72. The third kappa shape index (κ3) is 3.65. The highest BCUT2D eigenvalue weighted by atomic mass is 16.6. The molecule has 0 fully saturated rings. The predicted octanol–water partition coefficient (Wildman–Crippen LogP) is 1.01. The predicted molar refractivity (Wildman–Crippen MR) is 65.7 cm³/mol. The van der Waals surface area contributed by atoms with Gasteiger partial charge in [0, 0.05) is 5.70 Å². The number of rotatable bonds is 2. The quantitative estimate of drug-likeness (QED) is 0.746. The van der Waals surface area contributed by atoms with Crippen molar-refractivity contribution in [1.82, 2.24) is 4.90 Å². The zero-order chi connectivity index (χ0) is 13.9. The summed E-state index contributed by atoms with van der Waals surface area (Å²) in [6, 6.07) is 0. The molecular formula is C12H20N2O4. The van der Waals surface area contributed by atoms with Crippen LogP contribution in [0.15, 0.2) is 11.3 Å². The van der Waals surface area contributed by atoms with Gasteiger partial charge in [0.25, 0.3) is 0 Å². The van der Waals surface area contributed by atoms with Crippen LogP contribution in [0.3, 0.4) is 0 Å². The molecule has 0 radical (unpaired) electrons. The Morgan fingerprint density at radius 2 is 1.94 bits per heavy atom. The molecule has 0 aromatic carbocycles. The van der Waals surface area contributed by atoms with Crippen LogP contribution in [-0.2, 0) is 14.3 Å². The molecule has 6 nitrogen and oxygen atoms in total. The maximum absolute atomic E-state index is 11.8. The van der Waals surface area contributed by atoms with Gasteiger partial charge in [-0.2, -0.15) is 0 Å². The lowest BCUT2D eigenvalue weighted by Crippen LogP contribution is -2.36. The van der Waals surface area contributed by atoms with Crippen molar-refractivity contribution in [2.24, 2.45) is 5.73 Å². The first-order valence-corrected chi connectivity index (χ1v) is 5.87. The van der Waals surface area contributed by atoms with Crippen molar-refractivity contribution < 1.29 is 19.1 Å². The van der Waals surface area contributed by atoms with E-state index in [1.54, 1.807) is 27.7 Å². The summed E-state index contributed by atoms with van der Waals surface area (Å²) in [5.41, 5.74) is 5.86. The van der Waals surface area contributed by atoms with Crippen molar-refractivity contribution in [3.8, 4) is 0 Å². The lowest BCUT2D eigenvalue weighted by atomic mass is 10.2. The van der Waals surface area contributed by atoms with E-state index < -0.39 is 17.7 Å². The molecule has 1 aliphatic rings. The van der Waals surface area contributed by atoms with Gasteiger partial charge in [-0.25, -0.2) is 9.59 Å². The number of nitrogens with zero attached hydrogens (tertiary/aromatic N) is 1. The zero-order valence-electron chi connectivity index (χ0n) is 11.3. The molecule has 1 heterocycles. The highest BCUT2D eigenvalue weighted by Crippen LogP contribution is 2.18. The van der Waals surface area contributed by atoms with Crippen molar-refractivity contribution in [3.63, 3.8) is 0 Å². The van der Waals surface area contributed by atoms with Crippen LogP contribution in [0.2, 0.25) is 0 Å². The lowest BCUT2D eigenvalue weighted by molar-refractivity contribution is -0.138. The van der Waals surface area contributed by atoms with Crippen LogP contribution < -0.4 is 5.73 Å². The Morgan fingerprint density at radius 1 is 1.33 bits per heavy atom. The van der Waals surface area contributed by atoms with E-state index in [2.05, 4.69) is 0 Å². The molecule has 0 aromatic heterocycles. The fourth-order valence-corrected chi connectivity index (χ4v) is 1.52. The number of ether oxygens (including phenoxy) is 2. The van der Waals surface area contributed by atoms with Gasteiger partial charge in [-0.15, -0.1) is 0 Å². The van der Waals surface area contributed by atoms with Gasteiger partial charge < -0.3 is 15.2 Å². The number of hydrogen-bond donors (Lipinski definition) is 1. The van der Waals surface area contributed by atoms with Gasteiger partial charge in [0.1, 0.15) is 5.60 Å². The molecule has 0 spiro atoms. The number of esters is 1. The van der Waals surface area contributed by atoms with Crippen LogP contribution in [0, 0.1) is 0 Å². The minimum atomic E-state index is -0.571. The molecule has 6 heteroatoms.